The van der Waals surface area contributed by atoms with Gasteiger partial charge in [-0.25, -0.2) is 13.1 Å². The molecular formula is C8H13BN2O4S. The zero-order valence-corrected chi connectivity index (χ0v) is 9.31. The van der Waals surface area contributed by atoms with Gasteiger partial charge < -0.3 is 15.4 Å². The van der Waals surface area contributed by atoms with Crippen molar-refractivity contribution < 1.29 is 18.5 Å². The quantitative estimate of drug-likeness (QED) is 0.480. The largest absolute Gasteiger partial charge is 0.467 e. The van der Waals surface area contributed by atoms with Gasteiger partial charge in [-0.05, 0) is 12.1 Å². The van der Waals surface area contributed by atoms with Crippen molar-refractivity contribution in [3.05, 3.63) is 30.3 Å². The van der Waals surface area contributed by atoms with Gasteiger partial charge in [0, 0.05) is 12.1 Å². The predicted octanol–water partition coefficient (Wildman–Crippen LogP) is -1.01. The first-order valence-electron chi connectivity index (χ1n) is 4.62. The lowest BCUT2D eigenvalue weighted by atomic mass is 9.94. The van der Waals surface area contributed by atoms with Crippen molar-refractivity contribution in [3.8, 4) is 0 Å². The van der Waals surface area contributed by atoms with E-state index in [0.717, 1.165) is 0 Å². The van der Waals surface area contributed by atoms with Crippen LogP contribution in [0.25, 0.3) is 0 Å². The van der Waals surface area contributed by atoms with Gasteiger partial charge >= 0.3 is 7.12 Å². The number of sulfonamides is 1. The molecule has 0 bridgehead atoms. The first-order valence-corrected chi connectivity index (χ1v) is 6.27. The summed E-state index contributed by atoms with van der Waals surface area (Å²) in [5.41, 5.74) is 0.678. The van der Waals surface area contributed by atoms with Crippen LogP contribution in [0.4, 0.5) is 5.69 Å². The van der Waals surface area contributed by atoms with Crippen LogP contribution >= 0.6 is 0 Å². The topological polar surface area (TPSA) is 98.7 Å². The molecular weight excluding hydrogens is 231 g/mol. The third-order valence-electron chi connectivity index (χ3n) is 1.73. The van der Waals surface area contributed by atoms with Gasteiger partial charge in [0.2, 0.25) is 10.0 Å². The average molecular weight is 244 g/mol. The summed E-state index contributed by atoms with van der Waals surface area (Å²) >= 11 is 0. The fourth-order valence-corrected chi connectivity index (χ4v) is 1.85. The third kappa shape index (κ3) is 5.12. The van der Waals surface area contributed by atoms with Crippen molar-refractivity contribution in [3.63, 3.8) is 0 Å². The molecule has 6 nitrogen and oxygen atoms in total. The van der Waals surface area contributed by atoms with Gasteiger partial charge in [0.15, 0.2) is 0 Å². The van der Waals surface area contributed by atoms with Gasteiger partial charge in [0.25, 0.3) is 0 Å². The van der Waals surface area contributed by atoms with Crippen LogP contribution in [-0.4, -0.2) is 37.9 Å². The molecule has 0 aliphatic rings. The Kier molecular flexibility index (Phi) is 4.75. The fourth-order valence-electron chi connectivity index (χ4n) is 0.987. The van der Waals surface area contributed by atoms with Crippen LogP contribution in [0.15, 0.2) is 30.3 Å². The molecule has 0 aromatic heterocycles. The highest BCUT2D eigenvalue weighted by atomic mass is 32.2. The highest BCUT2D eigenvalue weighted by molar-refractivity contribution is 7.89. The molecule has 16 heavy (non-hydrogen) atoms. The molecule has 0 unspecified atom stereocenters. The van der Waals surface area contributed by atoms with Crippen LogP contribution in [0.5, 0.6) is 0 Å². The highest BCUT2D eigenvalue weighted by Gasteiger charge is 2.14. The first kappa shape index (κ1) is 13.0. The summed E-state index contributed by atoms with van der Waals surface area (Å²) in [6.45, 7) is 0. The summed E-state index contributed by atoms with van der Waals surface area (Å²) in [4.78, 5) is 0. The van der Waals surface area contributed by atoms with Crippen LogP contribution in [0.3, 0.4) is 0 Å². The summed E-state index contributed by atoms with van der Waals surface area (Å²) in [5.74, 6) is -0.316. The summed E-state index contributed by atoms with van der Waals surface area (Å²) in [6.07, 6.45) is -0.418. The molecule has 0 saturated heterocycles. The van der Waals surface area contributed by atoms with Crippen LogP contribution in [-0.2, 0) is 10.0 Å². The lowest BCUT2D eigenvalue weighted by Gasteiger charge is -2.08. The zero-order valence-electron chi connectivity index (χ0n) is 8.50. The molecule has 1 rings (SSSR count). The fraction of sp³-hybridized carbons (Fsp3) is 0.250. The standard InChI is InChI=1S/C8H13BN2O4S/c12-9(13)6-11-16(14,15)7-10-8-4-2-1-3-5-8/h1-5,10-13H,6-7H2. The van der Waals surface area contributed by atoms with Gasteiger partial charge in [0.05, 0.1) is 0 Å². The molecule has 1 aromatic rings. The second kappa shape index (κ2) is 5.85. The van der Waals surface area contributed by atoms with E-state index in [9.17, 15) is 8.42 Å². The molecule has 0 aliphatic heterocycles. The number of rotatable bonds is 6. The molecule has 0 saturated carbocycles. The SMILES string of the molecule is O=S(=O)(CNc1ccccc1)NCB(O)O. The van der Waals surface area contributed by atoms with E-state index in [4.69, 9.17) is 10.0 Å². The Hall–Kier alpha value is -1.09. The minimum Gasteiger partial charge on any atom is -0.426 e. The molecule has 8 heteroatoms. The zero-order chi connectivity index (χ0) is 12.0. The van der Waals surface area contributed by atoms with Crippen molar-refractivity contribution in [2.45, 2.75) is 0 Å². The monoisotopic (exact) mass is 244 g/mol. The predicted molar refractivity (Wildman–Crippen MR) is 62.0 cm³/mol. The number of hydrogen-bond acceptors (Lipinski definition) is 5. The maximum Gasteiger partial charge on any atom is 0.467 e. The maximum absolute atomic E-state index is 11.3. The summed E-state index contributed by atoms with van der Waals surface area (Å²) in [6, 6.07) is 8.84. The Labute approximate surface area is 94.5 Å². The van der Waals surface area contributed by atoms with Crippen LogP contribution in [0, 0.1) is 0 Å². The first-order chi connectivity index (χ1) is 7.49. The van der Waals surface area contributed by atoms with Crippen LogP contribution in [0.1, 0.15) is 0 Å². The summed E-state index contributed by atoms with van der Waals surface area (Å²) < 4.78 is 24.7. The van der Waals surface area contributed by atoms with Crippen molar-refractivity contribution in [2.75, 3.05) is 17.6 Å². The smallest absolute Gasteiger partial charge is 0.426 e. The lowest BCUT2D eigenvalue weighted by Crippen LogP contribution is -2.37. The maximum atomic E-state index is 11.3. The second-order valence-electron chi connectivity index (χ2n) is 3.13. The number of anilines is 1. The van der Waals surface area contributed by atoms with E-state index in [1.54, 1.807) is 24.3 Å². The summed E-state index contributed by atoms with van der Waals surface area (Å²) in [5, 5.41) is 19.7. The molecule has 0 fully saturated rings. The highest BCUT2D eigenvalue weighted by Crippen LogP contribution is 2.04. The molecule has 0 amide bonds. The lowest BCUT2D eigenvalue weighted by molar-refractivity contribution is 0.404. The molecule has 1 aromatic carbocycles. The van der Waals surface area contributed by atoms with Gasteiger partial charge in [0.1, 0.15) is 5.88 Å². The van der Waals surface area contributed by atoms with Crippen LogP contribution < -0.4 is 10.0 Å². The van der Waals surface area contributed by atoms with Crippen LogP contribution in [0.2, 0.25) is 0 Å². The minimum absolute atomic E-state index is 0.316. The van der Waals surface area contributed by atoms with Gasteiger partial charge in [-0.15, -0.1) is 0 Å². The molecule has 4 N–H and O–H groups in total. The molecule has 0 radical (unpaired) electrons. The number of hydrogen-bond donors (Lipinski definition) is 4. The number of benzene rings is 1. The summed E-state index contributed by atoms with van der Waals surface area (Å²) in [7, 11) is -5.24. The van der Waals surface area contributed by atoms with E-state index in [1.807, 2.05) is 10.8 Å². The Bertz CT molecular complexity index is 409. The van der Waals surface area contributed by atoms with Gasteiger partial charge in [-0.2, -0.15) is 0 Å². The normalized spacial score (nSPS) is 11.1. The van der Waals surface area contributed by atoms with E-state index >= 15 is 0 Å². The van der Waals surface area contributed by atoms with E-state index in [0.29, 0.717) is 5.69 Å². The molecule has 0 aliphatic carbocycles. The van der Waals surface area contributed by atoms with Crippen molar-refractivity contribution in [2.24, 2.45) is 0 Å². The molecule has 88 valence electrons. The molecule has 0 atom stereocenters. The number of nitrogens with one attached hydrogen (secondary N) is 2. The van der Waals surface area contributed by atoms with Crippen molar-refractivity contribution in [1.82, 2.24) is 4.72 Å². The van der Waals surface area contributed by atoms with E-state index in [1.165, 1.54) is 0 Å². The van der Waals surface area contributed by atoms with Gasteiger partial charge in [-0.1, -0.05) is 18.2 Å². The van der Waals surface area contributed by atoms with E-state index in [-0.39, 0.29) is 5.88 Å². The molecule has 0 spiro atoms. The Morgan fingerprint density at radius 3 is 2.38 bits per heavy atom. The van der Waals surface area contributed by atoms with E-state index < -0.39 is 23.6 Å². The second-order valence-corrected chi connectivity index (χ2v) is 4.94. The number of para-hydroxylation sites is 1. The molecule has 0 heterocycles. The Balaban J connectivity index is 2.42. The van der Waals surface area contributed by atoms with Gasteiger partial charge in [-0.3, -0.25) is 0 Å². The average Bonchev–Trinajstić information content (AvgIpc) is 2.26. The Morgan fingerprint density at radius 1 is 1.19 bits per heavy atom. The third-order valence-corrected chi connectivity index (χ3v) is 2.86. The van der Waals surface area contributed by atoms with E-state index in [2.05, 4.69) is 5.32 Å². The van der Waals surface area contributed by atoms with Crippen molar-refractivity contribution in [1.29, 1.82) is 0 Å². The van der Waals surface area contributed by atoms with Crippen molar-refractivity contribution >= 4 is 22.8 Å². The Morgan fingerprint density at radius 2 is 1.81 bits per heavy atom. The minimum atomic E-state index is -3.56.